The van der Waals surface area contributed by atoms with Crippen LogP contribution in [0.15, 0.2) is 60.9 Å². The van der Waals surface area contributed by atoms with Crippen molar-refractivity contribution < 1.29 is 4.79 Å². The molecule has 2 aliphatic carbocycles. The van der Waals surface area contributed by atoms with Crippen LogP contribution in [-0.2, 0) is 6.42 Å². The molecule has 5 rings (SSSR count). The van der Waals surface area contributed by atoms with Crippen molar-refractivity contribution in [1.29, 1.82) is 0 Å². The van der Waals surface area contributed by atoms with Crippen LogP contribution in [-0.4, -0.2) is 21.9 Å². The highest BCUT2D eigenvalue weighted by atomic mass is 16.1. The second-order valence-corrected chi connectivity index (χ2v) is 8.97. The third-order valence-electron chi connectivity index (χ3n) is 6.75. The summed E-state index contributed by atoms with van der Waals surface area (Å²) in [5.74, 6) is 0.672. The Labute approximate surface area is 189 Å². The summed E-state index contributed by atoms with van der Waals surface area (Å²) in [6.07, 6.45) is 13.2. The maximum Gasteiger partial charge on any atom is 0.251 e. The Morgan fingerprint density at radius 3 is 2.34 bits per heavy atom. The molecular formula is C27H30N4O. The van der Waals surface area contributed by atoms with Gasteiger partial charge in [-0.15, -0.1) is 0 Å². The van der Waals surface area contributed by atoms with Crippen molar-refractivity contribution in [2.24, 2.45) is 0 Å². The number of fused-ring (bicyclic) bond motifs is 1. The second kappa shape index (κ2) is 9.51. The van der Waals surface area contributed by atoms with Gasteiger partial charge in [-0.25, -0.2) is 9.97 Å². The van der Waals surface area contributed by atoms with E-state index >= 15 is 0 Å². The van der Waals surface area contributed by atoms with Gasteiger partial charge in [-0.05, 0) is 60.9 Å². The Kier molecular flexibility index (Phi) is 6.15. The normalized spacial score (nSPS) is 18.6. The van der Waals surface area contributed by atoms with Gasteiger partial charge in [-0.3, -0.25) is 4.79 Å². The molecule has 0 saturated heterocycles. The van der Waals surface area contributed by atoms with E-state index in [4.69, 9.17) is 0 Å². The van der Waals surface area contributed by atoms with Crippen LogP contribution in [0.2, 0.25) is 0 Å². The smallest absolute Gasteiger partial charge is 0.251 e. The average Bonchev–Trinajstić information content (AvgIpc) is 2.85. The molecule has 1 heterocycles. The van der Waals surface area contributed by atoms with E-state index in [2.05, 4.69) is 44.9 Å². The Bertz CT molecular complexity index is 1060. The molecule has 164 valence electrons. The van der Waals surface area contributed by atoms with E-state index in [0.717, 1.165) is 30.4 Å². The lowest BCUT2D eigenvalue weighted by atomic mass is 9.87. The van der Waals surface area contributed by atoms with Gasteiger partial charge < -0.3 is 10.6 Å². The fourth-order valence-corrected chi connectivity index (χ4v) is 4.94. The summed E-state index contributed by atoms with van der Waals surface area (Å²) in [5, 5.41) is 6.68. The van der Waals surface area contributed by atoms with Crippen LogP contribution in [0.3, 0.4) is 0 Å². The molecule has 32 heavy (non-hydrogen) atoms. The van der Waals surface area contributed by atoms with Crippen molar-refractivity contribution in [3.8, 4) is 11.1 Å². The van der Waals surface area contributed by atoms with E-state index < -0.39 is 0 Å². The summed E-state index contributed by atoms with van der Waals surface area (Å²) in [6.45, 7) is 0. The van der Waals surface area contributed by atoms with E-state index in [0.29, 0.717) is 17.6 Å². The zero-order valence-corrected chi connectivity index (χ0v) is 18.4. The number of nitrogens with zero attached hydrogens (tertiary/aromatic N) is 2. The van der Waals surface area contributed by atoms with Crippen LogP contribution >= 0.6 is 0 Å². The van der Waals surface area contributed by atoms with Gasteiger partial charge in [0.25, 0.3) is 5.91 Å². The molecule has 5 heteroatoms. The van der Waals surface area contributed by atoms with Crippen molar-refractivity contribution in [2.45, 2.75) is 63.5 Å². The van der Waals surface area contributed by atoms with Gasteiger partial charge in [0, 0.05) is 29.6 Å². The van der Waals surface area contributed by atoms with Gasteiger partial charge in [0.05, 0.1) is 6.04 Å². The molecule has 1 amide bonds. The van der Waals surface area contributed by atoms with E-state index in [1.54, 1.807) is 0 Å². The molecule has 0 spiro atoms. The first-order valence-corrected chi connectivity index (χ1v) is 11.8. The van der Waals surface area contributed by atoms with Crippen LogP contribution in [0.25, 0.3) is 11.1 Å². The van der Waals surface area contributed by atoms with Gasteiger partial charge >= 0.3 is 0 Å². The molecule has 2 aliphatic rings. The number of nitrogens with one attached hydrogen (secondary N) is 2. The molecule has 1 fully saturated rings. The number of carbonyl (C=O) groups excluding carboxylic acids is 1. The number of hydrogen-bond donors (Lipinski definition) is 2. The number of hydrogen-bond acceptors (Lipinski definition) is 4. The predicted molar refractivity (Wildman–Crippen MR) is 128 cm³/mol. The zero-order chi connectivity index (χ0) is 21.8. The van der Waals surface area contributed by atoms with Crippen LogP contribution in [0.1, 0.15) is 72.5 Å². The molecule has 0 bridgehead atoms. The van der Waals surface area contributed by atoms with E-state index in [9.17, 15) is 4.79 Å². The van der Waals surface area contributed by atoms with Gasteiger partial charge in [0.1, 0.15) is 0 Å². The summed E-state index contributed by atoms with van der Waals surface area (Å²) in [4.78, 5) is 21.9. The molecule has 2 aromatic carbocycles. The van der Waals surface area contributed by atoms with Crippen molar-refractivity contribution in [3.63, 3.8) is 0 Å². The summed E-state index contributed by atoms with van der Waals surface area (Å²) in [6, 6.07) is 16.7. The molecule has 1 aromatic heterocycles. The molecule has 0 unspecified atom stereocenters. The minimum atomic E-state index is -0.0264. The number of rotatable bonds is 5. The fraction of sp³-hybridized carbons (Fsp3) is 0.370. The van der Waals surface area contributed by atoms with Gasteiger partial charge in [-0.1, -0.05) is 55.7 Å². The van der Waals surface area contributed by atoms with Gasteiger partial charge in [-0.2, -0.15) is 0 Å². The molecule has 1 saturated carbocycles. The minimum Gasteiger partial charge on any atom is -0.351 e. The lowest BCUT2D eigenvalue weighted by Crippen LogP contribution is -2.30. The van der Waals surface area contributed by atoms with Crippen molar-refractivity contribution >= 4 is 11.9 Å². The molecule has 0 radical (unpaired) electrons. The predicted octanol–water partition coefficient (Wildman–Crippen LogP) is 5.70. The first-order valence-electron chi connectivity index (χ1n) is 11.8. The standard InChI is InChI=1S/C27H30N4O/c32-26(31-25-12-6-8-20-7-4-5-11-24(20)25)21-15-13-19(14-16-21)22-17-28-27(29-18-22)30-23-9-2-1-3-10-23/h4-5,7,11,13-18,23,25H,1-3,6,8-10,12H2,(H,31,32)(H,28,29,30)/t25-/m1/s1. The summed E-state index contributed by atoms with van der Waals surface area (Å²) in [5.41, 5.74) is 5.23. The number of anilines is 1. The summed E-state index contributed by atoms with van der Waals surface area (Å²) >= 11 is 0. The van der Waals surface area contributed by atoms with E-state index in [-0.39, 0.29) is 11.9 Å². The maximum atomic E-state index is 12.9. The SMILES string of the molecule is O=C(N[C@@H]1CCCc2ccccc21)c1ccc(-c2cnc(NC3CCCCC3)nc2)cc1. The Balaban J connectivity index is 1.23. The highest BCUT2D eigenvalue weighted by Gasteiger charge is 2.22. The molecule has 0 aliphatic heterocycles. The monoisotopic (exact) mass is 426 g/mol. The van der Waals surface area contributed by atoms with Crippen molar-refractivity contribution in [2.75, 3.05) is 5.32 Å². The van der Waals surface area contributed by atoms with Crippen LogP contribution < -0.4 is 10.6 Å². The van der Waals surface area contributed by atoms with Crippen molar-refractivity contribution in [3.05, 3.63) is 77.6 Å². The largest absolute Gasteiger partial charge is 0.351 e. The Hall–Kier alpha value is -3.21. The van der Waals surface area contributed by atoms with E-state index in [1.165, 1.54) is 43.2 Å². The highest BCUT2D eigenvalue weighted by Crippen LogP contribution is 2.30. The quantitative estimate of drug-likeness (QED) is 0.549. The molecule has 5 nitrogen and oxygen atoms in total. The summed E-state index contributed by atoms with van der Waals surface area (Å²) < 4.78 is 0. The Morgan fingerprint density at radius 2 is 1.56 bits per heavy atom. The van der Waals surface area contributed by atoms with Crippen LogP contribution in [0, 0.1) is 0 Å². The Morgan fingerprint density at radius 1 is 0.812 bits per heavy atom. The number of aryl methyl sites for hydroxylation is 1. The zero-order valence-electron chi connectivity index (χ0n) is 18.4. The summed E-state index contributed by atoms with van der Waals surface area (Å²) in [7, 11) is 0. The molecular weight excluding hydrogens is 396 g/mol. The minimum absolute atomic E-state index is 0.0264. The third-order valence-corrected chi connectivity index (χ3v) is 6.75. The maximum absolute atomic E-state index is 12.9. The molecule has 1 atom stereocenters. The highest BCUT2D eigenvalue weighted by molar-refractivity contribution is 5.95. The number of amides is 1. The topological polar surface area (TPSA) is 66.9 Å². The molecule has 2 N–H and O–H groups in total. The molecule has 3 aromatic rings. The first kappa shape index (κ1) is 20.7. The van der Waals surface area contributed by atoms with E-state index in [1.807, 2.05) is 36.7 Å². The fourth-order valence-electron chi connectivity index (χ4n) is 4.94. The van der Waals surface area contributed by atoms with Gasteiger partial charge in [0.15, 0.2) is 0 Å². The lowest BCUT2D eigenvalue weighted by Gasteiger charge is -2.26. The second-order valence-electron chi connectivity index (χ2n) is 8.97. The first-order chi connectivity index (χ1) is 15.8. The number of carbonyl (C=O) groups is 1. The lowest BCUT2D eigenvalue weighted by molar-refractivity contribution is 0.0933. The number of benzene rings is 2. The van der Waals surface area contributed by atoms with Crippen molar-refractivity contribution in [1.82, 2.24) is 15.3 Å². The number of aromatic nitrogens is 2. The average molecular weight is 427 g/mol. The third kappa shape index (κ3) is 4.67. The van der Waals surface area contributed by atoms with Crippen LogP contribution in [0.4, 0.5) is 5.95 Å². The van der Waals surface area contributed by atoms with Crippen LogP contribution in [0.5, 0.6) is 0 Å². The van der Waals surface area contributed by atoms with Gasteiger partial charge in [0.2, 0.25) is 5.95 Å².